The second-order valence-electron chi connectivity index (χ2n) is 4.39. The standard InChI is InChI=1S/C15H12Cl2O5/c1-8-6-9(22-13(8)15(19)20-2)7-21-14(18)10-4-3-5-11(16)12(10)17/h3-6H,7H2,1-2H3. The number of hydrogen-bond donors (Lipinski definition) is 0. The molecule has 1 aromatic heterocycles. The van der Waals surface area contributed by atoms with Gasteiger partial charge in [-0.2, -0.15) is 0 Å². The van der Waals surface area contributed by atoms with Gasteiger partial charge in [0.05, 0.1) is 22.7 Å². The van der Waals surface area contributed by atoms with E-state index < -0.39 is 11.9 Å². The summed E-state index contributed by atoms with van der Waals surface area (Å²) in [6.45, 7) is 1.55. The van der Waals surface area contributed by atoms with Crippen LogP contribution in [0.15, 0.2) is 28.7 Å². The van der Waals surface area contributed by atoms with Crippen LogP contribution in [0.25, 0.3) is 0 Å². The summed E-state index contributed by atoms with van der Waals surface area (Å²) in [5.74, 6) is -0.826. The van der Waals surface area contributed by atoms with Crippen LogP contribution in [0.5, 0.6) is 0 Å². The lowest BCUT2D eigenvalue weighted by atomic mass is 10.2. The smallest absolute Gasteiger partial charge is 0.374 e. The second-order valence-corrected chi connectivity index (χ2v) is 5.18. The van der Waals surface area contributed by atoms with Crippen molar-refractivity contribution in [1.29, 1.82) is 0 Å². The lowest BCUT2D eigenvalue weighted by Crippen LogP contribution is -2.06. The van der Waals surface area contributed by atoms with Crippen LogP contribution in [0.2, 0.25) is 10.0 Å². The van der Waals surface area contributed by atoms with Gasteiger partial charge in [0.25, 0.3) is 0 Å². The molecule has 0 fully saturated rings. The third-order valence-corrected chi connectivity index (χ3v) is 3.68. The van der Waals surface area contributed by atoms with Gasteiger partial charge in [0.1, 0.15) is 12.4 Å². The highest BCUT2D eigenvalue weighted by atomic mass is 35.5. The fourth-order valence-corrected chi connectivity index (χ4v) is 2.17. The van der Waals surface area contributed by atoms with E-state index in [1.807, 2.05) is 0 Å². The van der Waals surface area contributed by atoms with Crippen molar-refractivity contribution in [2.75, 3.05) is 7.11 Å². The zero-order chi connectivity index (χ0) is 16.3. The minimum Gasteiger partial charge on any atom is -0.463 e. The van der Waals surface area contributed by atoms with E-state index in [0.29, 0.717) is 11.3 Å². The maximum atomic E-state index is 12.0. The Morgan fingerprint density at radius 2 is 1.95 bits per heavy atom. The molecular weight excluding hydrogens is 331 g/mol. The average Bonchev–Trinajstić information content (AvgIpc) is 2.88. The number of carbonyl (C=O) groups excluding carboxylic acids is 2. The molecule has 5 nitrogen and oxygen atoms in total. The van der Waals surface area contributed by atoms with Gasteiger partial charge >= 0.3 is 11.9 Å². The molecule has 2 aromatic rings. The monoisotopic (exact) mass is 342 g/mol. The van der Waals surface area contributed by atoms with E-state index in [2.05, 4.69) is 4.74 Å². The summed E-state index contributed by atoms with van der Waals surface area (Å²) < 4.78 is 15.0. The number of furan rings is 1. The van der Waals surface area contributed by atoms with Crippen LogP contribution >= 0.6 is 23.2 Å². The fraction of sp³-hybridized carbons (Fsp3) is 0.200. The quantitative estimate of drug-likeness (QED) is 0.784. The molecule has 0 aliphatic heterocycles. The highest BCUT2D eigenvalue weighted by Crippen LogP contribution is 2.26. The van der Waals surface area contributed by atoms with E-state index in [9.17, 15) is 9.59 Å². The van der Waals surface area contributed by atoms with E-state index in [0.717, 1.165) is 0 Å². The lowest BCUT2D eigenvalue weighted by Gasteiger charge is -2.05. The Kier molecular flexibility index (Phi) is 5.11. The summed E-state index contributed by atoms with van der Waals surface area (Å²) in [6, 6.07) is 6.26. The molecule has 7 heteroatoms. The van der Waals surface area contributed by atoms with E-state index in [1.165, 1.54) is 13.2 Å². The molecule has 0 aliphatic carbocycles. The summed E-state index contributed by atoms with van der Waals surface area (Å²) in [6.07, 6.45) is 0. The van der Waals surface area contributed by atoms with Crippen molar-refractivity contribution in [3.63, 3.8) is 0 Å². The molecule has 0 unspecified atom stereocenters. The van der Waals surface area contributed by atoms with Crippen LogP contribution in [-0.4, -0.2) is 19.0 Å². The van der Waals surface area contributed by atoms with Gasteiger partial charge in [-0.05, 0) is 25.1 Å². The zero-order valence-corrected chi connectivity index (χ0v) is 13.3. The fourth-order valence-electron chi connectivity index (χ4n) is 1.79. The highest BCUT2D eigenvalue weighted by molar-refractivity contribution is 6.43. The van der Waals surface area contributed by atoms with Gasteiger partial charge in [0.15, 0.2) is 0 Å². The minimum absolute atomic E-state index is 0.0781. The largest absolute Gasteiger partial charge is 0.463 e. The summed E-state index contributed by atoms with van der Waals surface area (Å²) in [7, 11) is 1.26. The SMILES string of the molecule is COC(=O)c1oc(COC(=O)c2cccc(Cl)c2Cl)cc1C. The maximum absolute atomic E-state index is 12.0. The average molecular weight is 343 g/mol. The topological polar surface area (TPSA) is 65.7 Å². The molecule has 0 atom stereocenters. The van der Waals surface area contributed by atoms with E-state index >= 15 is 0 Å². The van der Waals surface area contributed by atoms with E-state index in [-0.39, 0.29) is 28.0 Å². The highest BCUT2D eigenvalue weighted by Gasteiger charge is 2.18. The van der Waals surface area contributed by atoms with Crippen LogP contribution < -0.4 is 0 Å². The van der Waals surface area contributed by atoms with E-state index in [4.69, 9.17) is 32.4 Å². The van der Waals surface area contributed by atoms with Crippen molar-refractivity contribution < 1.29 is 23.5 Å². The molecule has 0 saturated heterocycles. The number of esters is 2. The number of ether oxygens (including phenoxy) is 2. The number of carbonyl (C=O) groups is 2. The molecule has 0 spiro atoms. The van der Waals surface area contributed by atoms with Crippen LogP contribution in [0.3, 0.4) is 0 Å². The predicted molar refractivity (Wildman–Crippen MR) is 80.4 cm³/mol. The molecule has 0 saturated carbocycles. The first-order chi connectivity index (χ1) is 10.4. The minimum atomic E-state index is -0.638. The summed E-state index contributed by atoms with van der Waals surface area (Å²) in [4.78, 5) is 23.4. The molecular formula is C15H12Cl2O5. The van der Waals surface area contributed by atoms with Gasteiger partial charge < -0.3 is 13.9 Å². The normalized spacial score (nSPS) is 10.4. The van der Waals surface area contributed by atoms with Gasteiger partial charge in [0.2, 0.25) is 5.76 Å². The van der Waals surface area contributed by atoms with Crippen LogP contribution in [-0.2, 0) is 16.1 Å². The van der Waals surface area contributed by atoms with Crippen molar-refractivity contribution in [3.8, 4) is 0 Å². The van der Waals surface area contributed by atoms with Gasteiger partial charge in [-0.3, -0.25) is 0 Å². The third-order valence-electron chi connectivity index (χ3n) is 2.86. The van der Waals surface area contributed by atoms with Gasteiger partial charge in [0, 0.05) is 5.56 Å². The summed E-state index contributed by atoms with van der Waals surface area (Å²) >= 11 is 11.8. The van der Waals surface area contributed by atoms with Gasteiger partial charge in [-0.15, -0.1) is 0 Å². The third kappa shape index (κ3) is 3.43. The Labute approximate surface area is 136 Å². The Morgan fingerprint density at radius 3 is 2.64 bits per heavy atom. The summed E-state index contributed by atoms with van der Waals surface area (Å²) in [5, 5.41) is 0.387. The molecule has 0 radical (unpaired) electrons. The van der Waals surface area contributed by atoms with Gasteiger partial charge in [-0.1, -0.05) is 29.3 Å². The number of methoxy groups -OCH3 is 1. The Bertz CT molecular complexity index is 721. The number of benzene rings is 1. The number of rotatable bonds is 4. The molecule has 0 N–H and O–H groups in total. The van der Waals surface area contributed by atoms with Crippen molar-refractivity contribution in [3.05, 3.63) is 57.0 Å². The van der Waals surface area contributed by atoms with Crippen molar-refractivity contribution in [2.45, 2.75) is 13.5 Å². The van der Waals surface area contributed by atoms with Crippen molar-refractivity contribution in [2.24, 2.45) is 0 Å². The molecule has 116 valence electrons. The van der Waals surface area contributed by atoms with Crippen molar-refractivity contribution in [1.82, 2.24) is 0 Å². The number of hydrogen-bond acceptors (Lipinski definition) is 5. The van der Waals surface area contributed by atoms with E-state index in [1.54, 1.807) is 25.1 Å². The van der Waals surface area contributed by atoms with Gasteiger partial charge in [-0.25, -0.2) is 9.59 Å². The first-order valence-corrected chi connectivity index (χ1v) is 6.98. The Balaban J connectivity index is 2.08. The molecule has 0 aliphatic rings. The number of aryl methyl sites for hydroxylation is 1. The first kappa shape index (κ1) is 16.4. The first-order valence-electron chi connectivity index (χ1n) is 6.22. The molecule has 1 aromatic carbocycles. The lowest BCUT2D eigenvalue weighted by molar-refractivity contribution is 0.0438. The van der Waals surface area contributed by atoms with Crippen LogP contribution in [0, 0.1) is 6.92 Å². The maximum Gasteiger partial charge on any atom is 0.374 e. The molecule has 2 rings (SSSR count). The Morgan fingerprint density at radius 1 is 1.23 bits per heavy atom. The van der Waals surface area contributed by atoms with Crippen molar-refractivity contribution >= 4 is 35.1 Å². The zero-order valence-electron chi connectivity index (χ0n) is 11.8. The molecule has 22 heavy (non-hydrogen) atoms. The second kappa shape index (κ2) is 6.85. The molecule has 1 heterocycles. The van der Waals surface area contributed by atoms with Crippen LogP contribution in [0.1, 0.15) is 32.2 Å². The predicted octanol–water partition coefficient (Wildman–Crippen LogP) is 4.04. The number of halogens is 2. The molecule has 0 amide bonds. The summed E-state index contributed by atoms with van der Waals surface area (Å²) in [5.41, 5.74) is 0.754. The Hall–Kier alpha value is -1.98. The molecule has 0 bridgehead atoms. The van der Waals surface area contributed by atoms with Crippen LogP contribution in [0.4, 0.5) is 0 Å².